The number of rotatable bonds is 4. The predicted octanol–water partition coefficient (Wildman–Crippen LogP) is 4.93. The fraction of sp³-hybridized carbons (Fsp3) is 0.150. The van der Waals surface area contributed by atoms with Gasteiger partial charge in [0.1, 0.15) is 4.83 Å². The van der Waals surface area contributed by atoms with Crippen LogP contribution in [-0.2, 0) is 0 Å². The molecule has 0 aliphatic rings. The Balaban J connectivity index is 1.66. The minimum atomic E-state index is -0.123. The predicted molar refractivity (Wildman–Crippen MR) is 109 cm³/mol. The Labute approximate surface area is 165 Å². The topological polar surface area (TPSA) is 59.8 Å². The van der Waals surface area contributed by atoms with E-state index in [4.69, 9.17) is 11.6 Å². The van der Waals surface area contributed by atoms with Crippen LogP contribution in [0.1, 0.15) is 33.9 Å². The highest BCUT2D eigenvalue weighted by Crippen LogP contribution is 2.31. The molecule has 3 heterocycles. The fourth-order valence-corrected chi connectivity index (χ4v) is 4.20. The van der Waals surface area contributed by atoms with E-state index < -0.39 is 0 Å². The second-order valence-electron chi connectivity index (χ2n) is 6.29. The summed E-state index contributed by atoms with van der Waals surface area (Å²) in [6, 6.07) is 13.1. The van der Waals surface area contributed by atoms with Crippen molar-refractivity contribution in [3.05, 3.63) is 76.0 Å². The van der Waals surface area contributed by atoms with E-state index in [1.165, 1.54) is 11.3 Å². The van der Waals surface area contributed by atoms with Gasteiger partial charge in [-0.1, -0.05) is 23.7 Å². The monoisotopic (exact) mass is 396 g/mol. The normalized spacial score (nSPS) is 12.3. The maximum atomic E-state index is 12.7. The van der Waals surface area contributed by atoms with Crippen molar-refractivity contribution >= 4 is 39.1 Å². The number of aryl methyl sites for hydroxylation is 1. The van der Waals surface area contributed by atoms with E-state index in [1.807, 2.05) is 61.0 Å². The van der Waals surface area contributed by atoms with Gasteiger partial charge in [0.25, 0.3) is 5.91 Å². The quantitative estimate of drug-likeness (QED) is 0.531. The smallest absolute Gasteiger partial charge is 0.261 e. The lowest BCUT2D eigenvalue weighted by atomic mass is 10.1. The van der Waals surface area contributed by atoms with Gasteiger partial charge in [-0.3, -0.25) is 9.78 Å². The van der Waals surface area contributed by atoms with Gasteiger partial charge in [0.05, 0.1) is 22.3 Å². The lowest BCUT2D eigenvalue weighted by Crippen LogP contribution is -2.25. The van der Waals surface area contributed by atoms with Crippen LogP contribution in [0.5, 0.6) is 0 Å². The van der Waals surface area contributed by atoms with Crippen LogP contribution in [-0.4, -0.2) is 20.7 Å². The maximum absolute atomic E-state index is 12.7. The molecule has 0 saturated heterocycles. The highest BCUT2D eigenvalue weighted by Gasteiger charge is 2.19. The maximum Gasteiger partial charge on any atom is 0.261 e. The number of pyridine rings is 1. The number of nitrogens with one attached hydrogen (secondary N) is 1. The molecule has 1 aromatic carbocycles. The van der Waals surface area contributed by atoms with Crippen LogP contribution in [0, 0.1) is 6.92 Å². The van der Waals surface area contributed by atoms with Crippen molar-refractivity contribution < 1.29 is 4.79 Å². The first-order valence-corrected chi connectivity index (χ1v) is 9.68. The van der Waals surface area contributed by atoms with E-state index in [-0.39, 0.29) is 11.9 Å². The summed E-state index contributed by atoms with van der Waals surface area (Å²) in [5.74, 6) is -0.107. The summed E-state index contributed by atoms with van der Waals surface area (Å²) in [4.78, 5) is 18.4. The summed E-state index contributed by atoms with van der Waals surface area (Å²) in [5, 5.41) is 9.25. The third kappa shape index (κ3) is 3.46. The molecule has 3 aromatic heterocycles. The zero-order chi connectivity index (χ0) is 19.0. The molecule has 27 heavy (non-hydrogen) atoms. The molecular weight excluding hydrogens is 380 g/mol. The molecule has 4 aromatic rings. The molecule has 1 amide bonds. The number of carbonyl (C=O) groups excluding carboxylic acids is 1. The number of halogens is 1. The van der Waals surface area contributed by atoms with E-state index in [9.17, 15) is 4.79 Å². The van der Waals surface area contributed by atoms with Gasteiger partial charge in [-0.15, -0.1) is 11.3 Å². The molecule has 0 fully saturated rings. The number of thiophene rings is 1. The Hall–Kier alpha value is -2.70. The Bertz CT molecular complexity index is 1120. The first kappa shape index (κ1) is 17.7. The SMILES string of the molecule is Cc1nn(-c2cccc(Cl)c2)c2sc(C(=O)N[C@@H](C)c3cccnc3)cc12. The van der Waals surface area contributed by atoms with Crippen molar-refractivity contribution in [2.45, 2.75) is 19.9 Å². The second-order valence-corrected chi connectivity index (χ2v) is 7.76. The zero-order valence-corrected chi connectivity index (χ0v) is 16.4. The minimum Gasteiger partial charge on any atom is -0.345 e. The molecule has 1 N–H and O–H groups in total. The summed E-state index contributed by atoms with van der Waals surface area (Å²) >= 11 is 7.54. The molecule has 136 valence electrons. The Morgan fingerprint density at radius 1 is 1.26 bits per heavy atom. The molecule has 1 atom stereocenters. The van der Waals surface area contributed by atoms with Crippen LogP contribution in [0.15, 0.2) is 54.9 Å². The van der Waals surface area contributed by atoms with Crippen LogP contribution >= 0.6 is 22.9 Å². The zero-order valence-electron chi connectivity index (χ0n) is 14.8. The highest BCUT2D eigenvalue weighted by molar-refractivity contribution is 7.20. The van der Waals surface area contributed by atoms with Gasteiger partial charge < -0.3 is 5.32 Å². The van der Waals surface area contributed by atoms with E-state index in [0.29, 0.717) is 9.90 Å². The number of fused-ring (bicyclic) bond motifs is 1. The van der Waals surface area contributed by atoms with Gasteiger partial charge >= 0.3 is 0 Å². The molecule has 5 nitrogen and oxygen atoms in total. The number of aromatic nitrogens is 3. The third-order valence-electron chi connectivity index (χ3n) is 4.35. The molecule has 0 saturated carbocycles. The first-order chi connectivity index (χ1) is 13.0. The Kier molecular flexibility index (Phi) is 4.68. The largest absolute Gasteiger partial charge is 0.345 e. The van der Waals surface area contributed by atoms with Gasteiger partial charge in [0.2, 0.25) is 0 Å². The van der Waals surface area contributed by atoms with E-state index >= 15 is 0 Å². The second kappa shape index (κ2) is 7.13. The fourth-order valence-electron chi connectivity index (χ4n) is 2.93. The minimum absolute atomic E-state index is 0.107. The van der Waals surface area contributed by atoms with Crippen LogP contribution in [0.4, 0.5) is 0 Å². The number of amides is 1. The number of benzene rings is 1. The van der Waals surface area contributed by atoms with Crippen molar-refractivity contribution in [1.82, 2.24) is 20.1 Å². The molecule has 0 aliphatic heterocycles. The standard InChI is InChI=1S/C20H17ClN4OS/c1-12(14-5-4-8-22-11-14)23-19(26)18-10-17-13(2)24-25(20(17)27-18)16-7-3-6-15(21)9-16/h3-12H,1-2H3,(H,23,26)/t12-/m0/s1. The van der Waals surface area contributed by atoms with Crippen molar-refractivity contribution in [1.29, 1.82) is 0 Å². The van der Waals surface area contributed by atoms with Crippen LogP contribution in [0.3, 0.4) is 0 Å². The summed E-state index contributed by atoms with van der Waals surface area (Å²) in [7, 11) is 0. The lowest BCUT2D eigenvalue weighted by Gasteiger charge is -2.12. The first-order valence-electron chi connectivity index (χ1n) is 8.49. The molecular formula is C20H17ClN4OS. The van der Waals surface area contributed by atoms with Crippen molar-refractivity contribution in [2.75, 3.05) is 0 Å². The van der Waals surface area contributed by atoms with Gasteiger partial charge in [0, 0.05) is 22.8 Å². The average molecular weight is 397 g/mol. The number of nitrogens with zero attached hydrogens (tertiary/aromatic N) is 3. The van der Waals surface area contributed by atoms with E-state index in [1.54, 1.807) is 12.4 Å². The number of carbonyl (C=O) groups is 1. The molecule has 0 bridgehead atoms. The number of hydrogen-bond donors (Lipinski definition) is 1. The molecule has 0 aliphatic carbocycles. The molecule has 0 radical (unpaired) electrons. The van der Waals surface area contributed by atoms with Crippen LogP contribution in [0.25, 0.3) is 15.9 Å². The van der Waals surface area contributed by atoms with Crippen molar-refractivity contribution in [2.24, 2.45) is 0 Å². The van der Waals surface area contributed by atoms with Crippen molar-refractivity contribution in [3.8, 4) is 5.69 Å². The van der Waals surface area contributed by atoms with Gasteiger partial charge in [0.15, 0.2) is 0 Å². The van der Waals surface area contributed by atoms with E-state index in [0.717, 1.165) is 27.2 Å². The molecule has 7 heteroatoms. The summed E-state index contributed by atoms with van der Waals surface area (Å²) < 4.78 is 1.84. The molecule has 4 rings (SSSR count). The van der Waals surface area contributed by atoms with Gasteiger partial charge in [-0.25, -0.2) is 4.68 Å². The Morgan fingerprint density at radius 3 is 2.85 bits per heavy atom. The van der Waals surface area contributed by atoms with Crippen molar-refractivity contribution in [3.63, 3.8) is 0 Å². The summed E-state index contributed by atoms with van der Waals surface area (Å²) in [5.41, 5.74) is 2.71. The van der Waals surface area contributed by atoms with E-state index in [2.05, 4.69) is 15.4 Å². The lowest BCUT2D eigenvalue weighted by molar-refractivity contribution is 0.0944. The number of hydrogen-bond acceptors (Lipinski definition) is 4. The highest BCUT2D eigenvalue weighted by atomic mass is 35.5. The molecule has 0 spiro atoms. The molecule has 0 unspecified atom stereocenters. The average Bonchev–Trinajstić information content (AvgIpc) is 3.23. The van der Waals surface area contributed by atoms with Crippen LogP contribution in [0.2, 0.25) is 5.02 Å². The Morgan fingerprint density at radius 2 is 2.11 bits per heavy atom. The summed E-state index contributed by atoms with van der Waals surface area (Å²) in [6.07, 6.45) is 3.48. The van der Waals surface area contributed by atoms with Gasteiger partial charge in [-0.05, 0) is 49.7 Å². The van der Waals surface area contributed by atoms with Gasteiger partial charge in [-0.2, -0.15) is 5.10 Å². The van der Waals surface area contributed by atoms with Crippen LogP contribution < -0.4 is 5.32 Å². The summed E-state index contributed by atoms with van der Waals surface area (Å²) in [6.45, 7) is 3.89. The third-order valence-corrected chi connectivity index (χ3v) is 5.70.